The molecule has 2 heterocycles. The van der Waals surface area contributed by atoms with Crippen molar-refractivity contribution in [2.75, 3.05) is 13.1 Å². The van der Waals surface area contributed by atoms with Crippen molar-refractivity contribution in [2.45, 2.75) is 76.3 Å². The van der Waals surface area contributed by atoms with Gasteiger partial charge in [0, 0.05) is 24.5 Å². The van der Waals surface area contributed by atoms with Crippen LogP contribution in [0.3, 0.4) is 0 Å². The zero-order valence-corrected chi connectivity index (χ0v) is 20.4. The Morgan fingerprint density at radius 3 is 2.35 bits per heavy atom. The summed E-state index contributed by atoms with van der Waals surface area (Å²) in [5.41, 5.74) is -0.342. The lowest BCUT2D eigenvalue weighted by atomic mass is 9.97. The summed E-state index contributed by atoms with van der Waals surface area (Å²) in [6, 6.07) is 3.03. The van der Waals surface area contributed by atoms with Gasteiger partial charge in [0.05, 0.1) is 5.02 Å². The zero-order chi connectivity index (χ0) is 23.2. The Hall–Kier alpha value is -1.84. The van der Waals surface area contributed by atoms with Gasteiger partial charge in [-0.3, -0.25) is 0 Å². The molecule has 31 heavy (non-hydrogen) atoms. The molecule has 172 valence electrons. The summed E-state index contributed by atoms with van der Waals surface area (Å²) in [7, 11) is -3.91. The highest BCUT2D eigenvalue weighted by Gasteiger charge is 2.35. The second kappa shape index (κ2) is 8.26. The van der Waals surface area contributed by atoms with Crippen LogP contribution in [-0.4, -0.2) is 48.5 Å². The Kier molecular flexibility index (Phi) is 6.34. The normalized spacial score (nSPS) is 17.1. The SMILES string of the molecule is CC(C)(C)OC(=O)NC1CCN(S(=O)(=O)c2c(Cl)ccc3nc(C(C)(C)C)oc23)CC1. The molecule has 0 radical (unpaired) electrons. The van der Waals surface area contributed by atoms with E-state index >= 15 is 0 Å². The molecule has 1 aliphatic heterocycles. The molecule has 0 aliphatic carbocycles. The van der Waals surface area contributed by atoms with Gasteiger partial charge in [-0.05, 0) is 45.7 Å². The van der Waals surface area contributed by atoms with Crippen molar-refractivity contribution in [3.63, 3.8) is 0 Å². The van der Waals surface area contributed by atoms with Crippen LogP contribution in [-0.2, 0) is 20.2 Å². The Morgan fingerprint density at radius 2 is 1.81 bits per heavy atom. The number of halogens is 1. The smallest absolute Gasteiger partial charge is 0.407 e. The van der Waals surface area contributed by atoms with E-state index < -0.39 is 21.7 Å². The van der Waals surface area contributed by atoms with E-state index in [1.54, 1.807) is 26.8 Å². The van der Waals surface area contributed by atoms with Gasteiger partial charge >= 0.3 is 6.09 Å². The van der Waals surface area contributed by atoms with E-state index in [-0.39, 0.29) is 40.0 Å². The lowest BCUT2D eigenvalue weighted by molar-refractivity contribution is 0.0489. The van der Waals surface area contributed by atoms with Crippen molar-refractivity contribution in [2.24, 2.45) is 0 Å². The molecule has 1 fully saturated rings. The molecule has 1 aromatic carbocycles. The van der Waals surface area contributed by atoms with E-state index in [1.807, 2.05) is 20.8 Å². The van der Waals surface area contributed by atoms with Gasteiger partial charge in [-0.2, -0.15) is 4.31 Å². The van der Waals surface area contributed by atoms with Crippen LogP contribution in [0.2, 0.25) is 5.02 Å². The number of sulfonamides is 1. The first kappa shape index (κ1) is 23.8. The largest absolute Gasteiger partial charge is 0.444 e. The number of carbonyl (C=O) groups is 1. The third kappa shape index (κ3) is 5.32. The molecular weight excluding hydrogens is 442 g/mol. The summed E-state index contributed by atoms with van der Waals surface area (Å²) >= 11 is 6.32. The van der Waals surface area contributed by atoms with Crippen molar-refractivity contribution in [1.29, 1.82) is 0 Å². The van der Waals surface area contributed by atoms with Gasteiger partial charge in [-0.1, -0.05) is 32.4 Å². The number of ether oxygens (including phenoxy) is 1. The van der Waals surface area contributed by atoms with E-state index in [9.17, 15) is 13.2 Å². The molecule has 1 N–H and O–H groups in total. The van der Waals surface area contributed by atoms with Crippen LogP contribution in [0.1, 0.15) is 60.3 Å². The minimum absolute atomic E-state index is 0.0618. The van der Waals surface area contributed by atoms with Crippen molar-refractivity contribution >= 4 is 38.8 Å². The first-order valence-electron chi connectivity index (χ1n) is 10.3. The van der Waals surface area contributed by atoms with Crippen molar-refractivity contribution in [3.05, 3.63) is 23.0 Å². The summed E-state index contributed by atoms with van der Waals surface area (Å²) in [4.78, 5) is 16.4. The molecule has 3 rings (SSSR count). The third-order valence-electron chi connectivity index (χ3n) is 4.88. The van der Waals surface area contributed by atoms with Crippen LogP contribution in [0.5, 0.6) is 0 Å². The van der Waals surface area contributed by atoms with Gasteiger partial charge in [0.15, 0.2) is 5.58 Å². The lowest BCUT2D eigenvalue weighted by Gasteiger charge is -2.32. The van der Waals surface area contributed by atoms with E-state index in [0.717, 1.165) is 0 Å². The molecule has 0 saturated carbocycles. The Bertz CT molecular complexity index is 1070. The van der Waals surface area contributed by atoms with Crippen LogP contribution >= 0.6 is 11.6 Å². The van der Waals surface area contributed by atoms with E-state index in [2.05, 4.69) is 10.3 Å². The third-order valence-corrected chi connectivity index (χ3v) is 7.27. The number of hydrogen-bond donors (Lipinski definition) is 1. The van der Waals surface area contributed by atoms with Crippen molar-refractivity contribution in [1.82, 2.24) is 14.6 Å². The number of aromatic nitrogens is 1. The number of nitrogens with zero attached hydrogens (tertiary/aromatic N) is 2. The fourth-order valence-electron chi connectivity index (χ4n) is 3.35. The summed E-state index contributed by atoms with van der Waals surface area (Å²) < 4.78 is 39.4. The monoisotopic (exact) mass is 471 g/mol. The Morgan fingerprint density at radius 1 is 1.19 bits per heavy atom. The Balaban J connectivity index is 1.80. The molecule has 1 aliphatic rings. The average Bonchev–Trinajstić information content (AvgIpc) is 3.04. The van der Waals surface area contributed by atoms with Gasteiger partial charge in [0.1, 0.15) is 16.0 Å². The van der Waals surface area contributed by atoms with Crippen molar-refractivity contribution < 1.29 is 22.4 Å². The highest BCUT2D eigenvalue weighted by atomic mass is 35.5. The summed E-state index contributed by atoms with van der Waals surface area (Å²) in [5, 5.41) is 2.91. The highest BCUT2D eigenvalue weighted by Crippen LogP contribution is 2.36. The quantitative estimate of drug-likeness (QED) is 0.709. The standard InChI is InChI=1S/C21H30ClN3O5S/c1-20(2,3)18-24-15-8-7-14(22)17(16(15)29-18)31(27,28)25-11-9-13(10-12-25)23-19(26)30-21(4,5)6/h7-8,13H,9-12H2,1-6H3,(H,23,26). The Labute approximate surface area is 188 Å². The van der Waals surface area contributed by atoms with Crippen LogP contribution in [0, 0.1) is 0 Å². The second-order valence-corrected chi connectivity index (χ2v) is 12.1. The van der Waals surface area contributed by atoms with Gasteiger partial charge in [-0.15, -0.1) is 0 Å². The topological polar surface area (TPSA) is 102 Å². The number of piperidine rings is 1. The maximum atomic E-state index is 13.4. The minimum atomic E-state index is -3.91. The number of hydrogen-bond acceptors (Lipinski definition) is 6. The summed E-state index contributed by atoms with van der Waals surface area (Å²) in [6.07, 6.45) is 0.434. The number of oxazole rings is 1. The molecule has 1 amide bonds. The second-order valence-electron chi connectivity index (χ2n) is 9.82. The molecule has 0 unspecified atom stereocenters. The van der Waals surface area contributed by atoms with Gasteiger partial charge in [0.2, 0.25) is 15.9 Å². The molecule has 1 saturated heterocycles. The first-order valence-corrected chi connectivity index (χ1v) is 12.1. The molecule has 0 atom stereocenters. The summed E-state index contributed by atoms with van der Waals surface area (Å²) in [5.74, 6) is 0.446. The van der Waals surface area contributed by atoms with Crippen LogP contribution < -0.4 is 5.32 Å². The number of carbonyl (C=O) groups excluding carboxylic acids is 1. The first-order chi connectivity index (χ1) is 14.2. The number of benzene rings is 1. The maximum Gasteiger partial charge on any atom is 0.407 e. The van der Waals surface area contributed by atoms with E-state index in [4.69, 9.17) is 20.8 Å². The average molecular weight is 472 g/mol. The van der Waals surface area contributed by atoms with Gasteiger partial charge in [-0.25, -0.2) is 18.2 Å². The van der Waals surface area contributed by atoms with Gasteiger partial charge < -0.3 is 14.5 Å². The molecular formula is C21H30ClN3O5S. The number of nitrogens with one attached hydrogen (secondary N) is 1. The van der Waals surface area contributed by atoms with E-state index in [0.29, 0.717) is 24.2 Å². The van der Waals surface area contributed by atoms with E-state index in [1.165, 1.54) is 10.4 Å². The maximum absolute atomic E-state index is 13.4. The number of amides is 1. The van der Waals surface area contributed by atoms with Crippen LogP contribution in [0.15, 0.2) is 21.4 Å². The number of rotatable bonds is 3. The lowest BCUT2D eigenvalue weighted by Crippen LogP contribution is -2.47. The molecule has 2 aromatic rings. The molecule has 0 spiro atoms. The number of fused-ring (bicyclic) bond motifs is 1. The van der Waals surface area contributed by atoms with Gasteiger partial charge in [0.25, 0.3) is 0 Å². The number of alkyl carbamates (subject to hydrolysis) is 1. The molecule has 8 nitrogen and oxygen atoms in total. The minimum Gasteiger partial charge on any atom is -0.444 e. The van der Waals surface area contributed by atoms with Crippen LogP contribution in [0.4, 0.5) is 4.79 Å². The predicted octanol–water partition coefficient (Wildman–Crippen LogP) is 4.46. The fourth-order valence-corrected chi connectivity index (χ4v) is 5.43. The highest BCUT2D eigenvalue weighted by molar-refractivity contribution is 7.89. The van der Waals surface area contributed by atoms with Crippen LogP contribution in [0.25, 0.3) is 11.1 Å². The molecule has 10 heteroatoms. The fraction of sp³-hybridized carbons (Fsp3) is 0.619. The zero-order valence-electron chi connectivity index (χ0n) is 18.8. The molecule has 0 bridgehead atoms. The van der Waals surface area contributed by atoms with Crippen molar-refractivity contribution in [3.8, 4) is 0 Å². The predicted molar refractivity (Wildman–Crippen MR) is 119 cm³/mol. The molecule has 1 aromatic heterocycles. The summed E-state index contributed by atoms with van der Waals surface area (Å²) in [6.45, 7) is 11.7.